The van der Waals surface area contributed by atoms with Crippen LogP contribution in [0, 0.1) is 6.92 Å². The first-order chi connectivity index (χ1) is 16.8. The number of benzene rings is 3. The van der Waals surface area contributed by atoms with E-state index >= 15 is 0 Å². The highest BCUT2D eigenvalue weighted by Gasteiger charge is 2.21. The number of halogens is 2. The molecule has 9 heteroatoms. The molecule has 35 heavy (non-hydrogen) atoms. The van der Waals surface area contributed by atoms with Crippen molar-refractivity contribution in [2.45, 2.75) is 26.5 Å². The molecule has 180 valence electrons. The lowest BCUT2D eigenvalue weighted by atomic mass is 10.0. The number of alkyl halides is 2. The minimum Gasteiger partial charge on any atom is -0.497 e. The van der Waals surface area contributed by atoms with Crippen LogP contribution >= 0.6 is 0 Å². The number of rotatable bonds is 7. The molecule has 4 rings (SSSR count). The summed E-state index contributed by atoms with van der Waals surface area (Å²) >= 11 is 0. The van der Waals surface area contributed by atoms with Gasteiger partial charge in [-0.05, 0) is 61.9 Å². The third-order valence-electron chi connectivity index (χ3n) is 5.62. The van der Waals surface area contributed by atoms with Crippen molar-refractivity contribution in [1.29, 1.82) is 0 Å². The van der Waals surface area contributed by atoms with Gasteiger partial charge in [-0.1, -0.05) is 24.3 Å². The number of aromatic nitrogens is 2. The van der Waals surface area contributed by atoms with Gasteiger partial charge in [0.25, 0.3) is 5.56 Å². The summed E-state index contributed by atoms with van der Waals surface area (Å²) in [5, 5.41) is 3.17. The molecule has 1 atom stereocenters. The van der Waals surface area contributed by atoms with Crippen molar-refractivity contribution >= 4 is 22.5 Å². The zero-order valence-electron chi connectivity index (χ0n) is 19.3. The summed E-state index contributed by atoms with van der Waals surface area (Å²) in [7, 11) is 1.52. The lowest BCUT2D eigenvalue weighted by Crippen LogP contribution is -2.33. The predicted octanol–water partition coefficient (Wildman–Crippen LogP) is 5.18. The van der Waals surface area contributed by atoms with Crippen molar-refractivity contribution in [2.24, 2.45) is 0 Å². The summed E-state index contributed by atoms with van der Waals surface area (Å²) in [6.45, 7) is 0.247. The highest BCUT2D eigenvalue weighted by Crippen LogP contribution is 2.35. The van der Waals surface area contributed by atoms with Gasteiger partial charge < -0.3 is 14.8 Å². The molecule has 0 fully saturated rings. The molecule has 1 unspecified atom stereocenters. The zero-order chi connectivity index (χ0) is 25.1. The van der Waals surface area contributed by atoms with Gasteiger partial charge in [0, 0.05) is 11.3 Å². The average Bonchev–Trinajstić information content (AvgIpc) is 2.84. The number of aryl methyl sites for hydroxylation is 1. The van der Waals surface area contributed by atoms with Crippen LogP contribution in [0.2, 0.25) is 0 Å². The number of hydrogen-bond acceptors (Lipinski definition) is 5. The van der Waals surface area contributed by atoms with Crippen LogP contribution in [0.15, 0.2) is 71.5 Å². The number of carbonyl (C=O) groups is 1. The lowest BCUT2D eigenvalue weighted by Gasteiger charge is -2.19. The molecule has 1 heterocycles. The largest absolute Gasteiger partial charge is 0.497 e. The molecule has 7 nitrogen and oxygen atoms in total. The van der Waals surface area contributed by atoms with Gasteiger partial charge in [0.05, 0.1) is 18.0 Å². The number of carbonyl (C=O) groups excluding carboxylic acids is 1. The van der Waals surface area contributed by atoms with Crippen LogP contribution in [0.4, 0.5) is 14.5 Å². The topological polar surface area (TPSA) is 82.5 Å². The quantitative estimate of drug-likeness (QED) is 0.395. The molecule has 0 aliphatic heterocycles. The molecule has 1 aromatic heterocycles. The van der Waals surface area contributed by atoms with Crippen LogP contribution in [0.1, 0.15) is 18.8 Å². The van der Waals surface area contributed by atoms with Gasteiger partial charge >= 0.3 is 6.61 Å². The Hall–Kier alpha value is -4.27. The van der Waals surface area contributed by atoms with Crippen molar-refractivity contribution in [1.82, 2.24) is 9.55 Å². The molecule has 1 N–H and O–H groups in total. The lowest BCUT2D eigenvalue weighted by molar-refractivity contribution is -0.118. The second-order valence-electron chi connectivity index (χ2n) is 7.83. The fourth-order valence-corrected chi connectivity index (χ4v) is 3.88. The molecular weight excluding hydrogens is 456 g/mol. The Kier molecular flexibility index (Phi) is 6.77. The Bertz CT molecular complexity index is 1440. The van der Waals surface area contributed by atoms with Crippen LogP contribution in [0.25, 0.3) is 22.0 Å². The number of fused-ring (bicyclic) bond motifs is 1. The number of methoxy groups -OCH3 is 1. The number of hydrogen-bond donors (Lipinski definition) is 1. The van der Waals surface area contributed by atoms with Crippen molar-refractivity contribution in [2.75, 3.05) is 12.4 Å². The van der Waals surface area contributed by atoms with Crippen molar-refractivity contribution in [3.8, 4) is 22.6 Å². The van der Waals surface area contributed by atoms with E-state index in [0.717, 1.165) is 0 Å². The minimum absolute atomic E-state index is 0.0398. The second kappa shape index (κ2) is 9.92. The minimum atomic E-state index is -3.01. The Labute approximate surface area is 199 Å². The van der Waals surface area contributed by atoms with Gasteiger partial charge in [0.2, 0.25) is 5.91 Å². The number of nitrogens with zero attached hydrogens (tertiary/aromatic N) is 2. The van der Waals surface area contributed by atoms with Crippen LogP contribution in [-0.4, -0.2) is 29.2 Å². The van der Waals surface area contributed by atoms with Gasteiger partial charge in [-0.15, -0.1) is 0 Å². The van der Waals surface area contributed by atoms with Gasteiger partial charge in [-0.2, -0.15) is 8.78 Å². The van der Waals surface area contributed by atoms with E-state index in [1.165, 1.54) is 23.8 Å². The van der Waals surface area contributed by atoms with Crippen molar-refractivity contribution < 1.29 is 23.0 Å². The fraction of sp³-hybridized carbons (Fsp3) is 0.192. The summed E-state index contributed by atoms with van der Waals surface area (Å²) in [4.78, 5) is 30.6. The first-order valence-electron chi connectivity index (χ1n) is 10.8. The number of para-hydroxylation sites is 1. The van der Waals surface area contributed by atoms with Crippen molar-refractivity contribution in [3.63, 3.8) is 0 Å². The molecule has 0 spiro atoms. The molecule has 1 amide bonds. The Balaban J connectivity index is 1.66. The van der Waals surface area contributed by atoms with E-state index < -0.39 is 18.6 Å². The predicted molar refractivity (Wildman–Crippen MR) is 129 cm³/mol. The standard InChI is InChI=1S/C26H23F2N3O4/c1-15(31-16(2)29-22-7-5-4-6-20(22)25(31)33)24(32)30-18-10-13-23(35-26(27)28)21(14-18)17-8-11-19(34-3)12-9-17/h4-15,26H,1-3H3,(H,30,32). The van der Waals surface area contributed by atoms with Crippen LogP contribution < -0.4 is 20.3 Å². The SMILES string of the molecule is COc1ccc(-c2cc(NC(=O)C(C)n3c(C)nc4ccccc4c3=O)ccc2OC(F)F)cc1. The Morgan fingerprint density at radius 2 is 1.77 bits per heavy atom. The number of ether oxygens (including phenoxy) is 2. The van der Waals surface area contributed by atoms with Gasteiger partial charge in [-0.3, -0.25) is 14.2 Å². The van der Waals surface area contributed by atoms with E-state index in [4.69, 9.17) is 4.74 Å². The van der Waals surface area contributed by atoms with Crippen molar-refractivity contribution in [3.05, 3.63) is 82.9 Å². The number of nitrogens with one attached hydrogen (secondary N) is 1. The summed E-state index contributed by atoms with van der Waals surface area (Å²) in [5.74, 6) is 0.501. The number of anilines is 1. The summed E-state index contributed by atoms with van der Waals surface area (Å²) < 4.78 is 37.1. The third-order valence-corrected chi connectivity index (χ3v) is 5.62. The molecule has 0 aliphatic carbocycles. The smallest absolute Gasteiger partial charge is 0.387 e. The third kappa shape index (κ3) is 4.98. The number of amides is 1. The molecule has 3 aromatic carbocycles. The Morgan fingerprint density at radius 1 is 1.06 bits per heavy atom. The maximum Gasteiger partial charge on any atom is 0.387 e. The van der Waals surface area contributed by atoms with E-state index in [1.807, 2.05) is 0 Å². The molecule has 0 aliphatic rings. The van der Waals surface area contributed by atoms with E-state index in [9.17, 15) is 18.4 Å². The van der Waals surface area contributed by atoms with E-state index in [1.54, 1.807) is 68.4 Å². The van der Waals surface area contributed by atoms with Crippen LogP contribution in [-0.2, 0) is 4.79 Å². The first-order valence-corrected chi connectivity index (χ1v) is 10.8. The Morgan fingerprint density at radius 3 is 2.46 bits per heavy atom. The first kappa shape index (κ1) is 23.9. The molecule has 4 aromatic rings. The maximum absolute atomic E-state index is 13.1. The average molecular weight is 479 g/mol. The second-order valence-corrected chi connectivity index (χ2v) is 7.83. The summed E-state index contributed by atoms with van der Waals surface area (Å²) in [6, 6.07) is 17.2. The van der Waals surface area contributed by atoms with E-state index in [0.29, 0.717) is 39.3 Å². The van der Waals surface area contributed by atoms with Gasteiger partial charge in [0.1, 0.15) is 23.4 Å². The highest BCUT2D eigenvalue weighted by atomic mass is 19.3. The molecule has 0 saturated carbocycles. The van der Waals surface area contributed by atoms with E-state index in [-0.39, 0.29) is 11.3 Å². The molecular formula is C26H23F2N3O4. The normalized spacial score (nSPS) is 11.9. The monoisotopic (exact) mass is 479 g/mol. The van der Waals surface area contributed by atoms with Gasteiger partial charge in [-0.25, -0.2) is 4.98 Å². The zero-order valence-corrected chi connectivity index (χ0v) is 19.3. The molecule has 0 bridgehead atoms. The summed E-state index contributed by atoms with van der Waals surface area (Å²) in [5.41, 5.74) is 1.54. The molecule has 0 saturated heterocycles. The van der Waals surface area contributed by atoms with Gasteiger partial charge in [0.15, 0.2) is 0 Å². The van der Waals surface area contributed by atoms with Crippen LogP contribution in [0.3, 0.4) is 0 Å². The highest BCUT2D eigenvalue weighted by molar-refractivity contribution is 5.94. The van der Waals surface area contributed by atoms with Crippen LogP contribution in [0.5, 0.6) is 11.5 Å². The van der Waals surface area contributed by atoms with E-state index in [2.05, 4.69) is 15.0 Å². The fourth-order valence-electron chi connectivity index (χ4n) is 3.88. The maximum atomic E-state index is 13.1. The summed E-state index contributed by atoms with van der Waals surface area (Å²) in [6.07, 6.45) is 0. The molecule has 0 radical (unpaired) electrons.